The summed E-state index contributed by atoms with van der Waals surface area (Å²) in [5.74, 6) is 0. The fourth-order valence-corrected chi connectivity index (χ4v) is 0. The number of allylic oxidation sites excluding steroid dienone is 1. The van der Waals surface area contributed by atoms with Crippen LogP contribution in [0.2, 0.25) is 0 Å². The van der Waals surface area contributed by atoms with Crippen molar-refractivity contribution in [2.24, 2.45) is 0 Å². The summed E-state index contributed by atoms with van der Waals surface area (Å²) >= 11 is 3.01. The molecule has 2 heteroatoms. The molecule has 0 nitrogen and oxygen atoms in total. The van der Waals surface area contributed by atoms with Crippen molar-refractivity contribution in [3.8, 4) is 0 Å². The van der Waals surface area contributed by atoms with E-state index in [2.05, 4.69) is 22.5 Å². The van der Waals surface area contributed by atoms with Crippen molar-refractivity contribution in [3.63, 3.8) is 0 Å². The van der Waals surface area contributed by atoms with Gasteiger partial charge in [-0.25, -0.2) is 12.7 Å². The van der Waals surface area contributed by atoms with E-state index in [1.54, 1.807) is 11.4 Å². The van der Waals surface area contributed by atoms with Crippen LogP contribution in [0.25, 0.3) is 0 Å². The molecule has 0 aliphatic rings. The molecule has 0 aromatic heterocycles. The summed E-state index contributed by atoms with van der Waals surface area (Å²) in [5.41, 5.74) is 0. The van der Waals surface area contributed by atoms with Crippen LogP contribution in [0.15, 0.2) is 12.7 Å². The minimum atomic E-state index is 0. The molecule has 0 radical (unpaired) electrons. The molecular formula is C3H4BrLi. The zero-order valence-electron chi connectivity index (χ0n) is 3.24. The summed E-state index contributed by atoms with van der Waals surface area (Å²) in [4.78, 5) is 0. The molecule has 24 valence electrons. The van der Waals surface area contributed by atoms with E-state index < -0.39 is 0 Å². The van der Waals surface area contributed by atoms with E-state index in [0.717, 1.165) is 0 Å². The van der Waals surface area contributed by atoms with E-state index in [1.807, 2.05) is 0 Å². The number of halogens is 1. The standard InChI is InChI=1S/C3H4Br.Li/c1-2-3-4;/h2-3H,1H2;/q-1;+1. The minimum absolute atomic E-state index is 0. The third-order valence-electron chi connectivity index (χ3n) is 0.0891. The Labute approximate surface area is 52.9 Å². The Morgan fingerprint density at radius 3 is 2.00 bits per heavy atom. The molecule has 5 heavy (non-hydrogen) atoms. The summed E-state index contributed by atoms with van der Waals surface area (Å²) in [7, 11) is 0. The Kier molecular flexibility index (Phi) is 16.2. The third-order valence-corrected chi connectivity index (χ3v) is 0.463. The van der Waals surface area contributed by atoms with Crippen LogP contribution < -0.4 is 18.9 Å². The molecule has 0 saturated carbocycles. The van der Waals surface area contributed by atoms with Gasteiger partial charge in [-0.1, -0.05) is 0 Å². The first-order valence-corrected chi connectivity index (χ1v) is 1.88. The summed E-state index contributed by atoms with van der Waals surface area (Å²) in [5, 5.41) is 1.70. The second-order valence-electron chi connectivity index (χ2n) is 0.362. The molecule has 0 atom stereocenters. The molecule has 0 aliphatic carbocycles. The number of rotatable bonds is 1. The molecule has 0 bridgehead atoms. The van der Waals surface area contributed by atoms with Gasteiger partial charge in [0.2, 0.25) is 0 Å². The predicted molar refractivity (Wildman–Crippen MR) is 23.4 cm³/mol. The topological polar surface area (TPSA) is 0 Å². The quantitative estimate of drug-likeness (QED) is 0.304. The molecule has 0 N–H and O–H groups in total. The molecule has 0 fully saturated rings. The van der Waals surface area contributed by atoms with E-state index in [1.165, 1.54) is 0 Å². The first kappa shape index (κ1) is 9.19. The molecule has 0 rings (SSSR count). The van der Waals surface area contributed by atoms with Gasteiger partial charge in [-0.15, -0.1) is 0 Å². The van der Waals surface area contributed by atoms with Gasteiger partial charge in [0.15, 0.2) is 0 Å². The molecule has 0 spiro atoms. The predicted octanol–water partition coefficient (Wildman–Crippen LogP) is -1.27. The van der Waals surface area contributed by atoms with Crippen molar-refractivity contribution < 1.29 is 18.9 Å². The first-order chi connectivity index (χ1) is 1.91. The van der Waals surface area contributed by atoms with Crippen molar-refractivity contribution in [2.45, 2.75) is 0 Å². The van der Waals surface area contributed by atoms with Crippen molar-refractivity contribution in [1.29, 1.82) is 0 Å². The second-order valence-corrected chi connectivity index (χ2v) is 0.890. The van der Waals surface area contributed by atoms with Crippen molar-refractivity contribution >= 4 is 15.9 Å². The molecule has 0 aliphatic heterocycles. The van der Waals surface area contributed by atoms with Crippen molar-refractivity contribution in [2.75, 3.05) is 0 Å². The fourth-order valence-electron chi connectivity index (χ4n) is 0. The molecular weight excluding hydrogens is 123 g/mol. The van der Waals surface area contributed by atoms with Crippen molar-refractivity contribution in [3.05, 3.63) is 18.0 Å². The first-order valence-electron chi connectivity index (χ1n) is 0.960. The zero-order chi connectivity index (χ0) is 3.41. The van der Waals surface area contributed by atoms with Crippen LogP contribution in [-0.4, -0.2) is 0 Å². The third kappa shape index (κ3) is 11.9. The maximum atomic E-state index is 3.38. The SMILES string of the molecule is C=C[CH-]Br.[Li+]. The summed E-state index contributed by atoms with van der Waals surface area (Å²) in [6, 6.07) is 0. The van der Waals surface area contributed by atoms with Gasteiger partial charge in [0.25, 0.3) is 0 Å². The summed E-state index contributed by atoms with van der Waals surface area (Å²) < 4.78 is 0. The Morgan fingerprint density at radius 2 is 2.00 bits per heavy atom. The average Bonchev–Trinajstić information content (AvgIpc) is 1.37. The molecule has 0 aromatic rings. The van der Waals surface area contributed by atoms with Crippen LogP contribution in [0.3, 0.4) is 0 Å². The van der Waals surface area contributed by atoms with Gasteiger partial charge >= 0.3 is 18.9 Å². The Bertz CT molecular complexity index is 20.9. The maximum Gasteiger partial charge on any atom is 1.00 e. The zero-order valence-corrected chi connectivity index (χ0v) is 4.83. The van der Waals surface area contributed by atoms with Crippen LogP contribution in [-0.2, 0) is 0 Å². The van der Waals surface area contributed by atoms with Crippen LogP contribution >= 0.6 is 15.9 Å². The normalized spacial score (nSPS) is 4.20. The van der Waals surface area contributed by atoms with Gasteiger partial charge < -0.3 is 0 Å². The molecule has 0 heterocycles. The second kappa shape index (κ2) is 8.82. The van der Waals surface area contributed by atoms with Crippen molar-refractivity contribution in [1.82, 2.24) is 0 Å². The average molecular weight is 127 g/mol. The van der Waals surface area contributed by atoms with Gasteiger partial charge in [0.05, 0.1) is 0 Å². The van der Waals surface area contributed by atoms with Crippen LogP contribution in [0.1, 0.15) is 0 Å². The molecule has 0 amide bonds. The van der Waals surface area contributed by atoms with Gasteiger partial charge in [-0.2, -0.15) is 21.3 Å². The summed E-state index contributed by atoms with van der Waals surface area (Å²) in [6.07, 6.45) is 1.67. The van der Waals surface area contributed by atoms with E-state index in [-0.39, 0.29) is 18.9 Å². The molecule has 0 aromatic carbocycles. The summed E-state index contributed by atoms with van der Waals surface area (Å²) in [6.45, 7) is 3.38. The monoisotopic (exact) mass is 126 g/mol. The maximum absolute atomic E-state index is 3.38. The van der Waals surface area contributed by atoms with E-state index in [9.17, 15) is 0 Å². The van der Waals surface area contributed by atoms with Crippen LogP contribution in [0.4, 0.5) is 0 Å². The molecule has 0 saturated heterocycles. The van der Waals surface area contributed by atoms with Gasteiger partial charge in [0.1, 0.15) is 0 Å². The van der Waals surface area contributed by atoms with Gasteiger partial charge in [-0.05, 0) is 0 Å². The minimum Gasteiger partial charge on any atom is -0.244 e. The van der Waals surface area contributed by atoms with Crippen LogP contribution in [0.5, 0.6) is 0 Å². The fraction of sp³-hybridized carbons (Fsp3) is 0. The number of hydrogen-bond donors (Lipinski definition) is 0. The smallest absolute Gasteiger partial charge is 0.244 e. The van der Waals surface area contributed by atoms with Crippen LogP contribution in [0, 0.1) is 5.33 Å². The van der Waals surface area contributed by atoms with Gasteiger partial charge in [0, 0.05) is 0 Å². The number of hydrogen-bond acceptors (Lipinski definition) is 0. The van der Waals surface area contributed by atoms with E-state index >= 15 is 0 Å². The van der Waals surface area contributed by atoms with E-state index in [4.69, 9.17) is 0 Å². The Morgan fingerprint density at radius 1 is 1.80 bits per heavy atom. The Hall–Kier alpha value is 0.687. The molecule has 0 unspecified atom stereocenters. The van der Waals surface area contributed by atoms with Gasteiger partial charge in [-0.3, -0.25) is 0 Å². The largest absolute Gasteiger partial charge is 1.00 e. The van der Waals surface area contributed by atoms with E-state index in [0.29, 0.717) is 0 Å². The Balaban J connectivity index is 0.